The van der Waals surface area contributed by atoms with Gasteiger partial charge in [0, 0.05) is 30.0 Å². The SMILES string of the molecule is C=c1ccc2c(c1S(=O)(=O)O)Oc1c(ccc(N)c1S(=O)(=O)NCCOCCOCCOC)C=2c1ccccc1C(=O)O. The molecule has 0 spiro atoms. The summed E-state index contributed by atoms with van der Waals surface area (Å²) in [6, 6.07) is 11.4. The molecule has 3 aromatic carbocycles. The van der Waals surface area contributed by atoms with Crippen molar-refractivity contribution in [2.24, 2.45) is 0 Å². The lowest BCUT2D eigenvalue weighted by Crippen LogP contribution is -2.31. The highest BCUT2D eigenvalue weighted by Gasteiger charge is 2.34. The number of nitrogens with one attached hydrogen (secondary N) is 1. The molecule has 0 aliphatic carbocycles. The van der Waals surface area contributed by atoms with Crippen LogP contribution in [0.3, 0.4) is 0 Å². The van der Waals surface area contributed by atoms with E-state index in [0.717, 1.165) is 0 Å². The fourth-order valence-corrected chi connectivity index (χ4v) is 6.60. The van der Waals surface area contributed by atoms with Crippen LogP contribution in [0, 0.1) is 0 Å². The number of nitrogen functional groups attached to an aromatic ring is 1. The lowest BCUT2D eigenvalue weighted by molar-refractivity contribution is 0.0262. The first-order chi connectivity index (χ1) is 20.4. The number of sulfonamides is 1. The number of aromatic carboxylic acids is 1. The van der Waals surface area contributed by atoms with Crippen LogP contribution in [-0.2, 0) is 34.4 Å². The van der Waals surface area contributed by atoms with Crippen LogP contribution in [-0.4, -0.2) is 79.2 Å². The number of methoxy groups -OCH3 is 1. The van der Waals surface area contributed by atoms with Crippen LogP contribution in [0.15, 0.2) is 58.3 Å². The number of nitrogens with two attached hydrogens (primary N) is 1. The number of carboxylic acid groups (broad SMARTS) is 1. The second kappa shape index (κ2) is 13.2. The van der Waals surface area contributed by atoms with Crippen LogP contribution in [0.5, 0.6) is 11.5 Å². The summed E-state index contributed by atoms with van der Waals surface area (Å²) in [5, 5.41) is 9.87. The molecule has 0 saturated carbocycles. The zero-order chi connectivity index (χ0) is 31.4. The molecule has 0 aromatic heterocycles. The zero-order valence-corrected chi connectivity index (χ0v) is 24.7. The van der Waals surface area contributed by atoms with Crippen molar-refractivity contribution in [1.29, 1.82) is 0 Å². The van der Waals surface area contributed by atoms with Gasteiger partial charge in [-0.3, -0.25) is 4.55 Å². The highest BCUT2D eigenvalue weighted by Crippen LogP contribution is 2.44. The molecule has 0 amide bonds. The van der Waals surface area contributed by atoms with Gasteiger partial charge >= 0.3 is 5.97 Å². The summed E-state index contributed by atoms with van der Waals surface area (Å²) in [4.78, 5) is 10.9. The van der Waals surface area contributed by atoms with Gasteiger partial charge in [-0.2, -0.15) is 8.42 Å². The highest BCUT2D eigenvalue weighted by molar-refractivity contribution is 7.89. The van der Waals surface area contributed by atoms with Crippen molar-refractivity contribution in [2.45, 2.75) is 9.79 Å². The Morgan fingerprint density at radius 2 is 1.58 bits per heavy atom. The summed E-state index contributed by atoms with van der Waals surface area (Å²) >= 11 is 0. The average molecular weight is 635 g/mol. The maximum absolute atomic E-state index is 13.6. The standard InChI is InChI=1S/C28H30N2O11S2/c1-17-7-8-20-23(18-5-3-4-6-19(18)28(31)32)21-9-10-22(29)27(25(21)41-24(20)26(17)43(35,36)37)42(33,34)30-11-12-39-15-16-40-14-13-38-2/h3-10,30H,1,11-16,29H2,2H3,(H,31,32)(H,35,36,37). The molecule has 43 heavy (non-hydrogen) atoms. The van der Waals surface area contributed by atoms with E-state index in [0.29, 0.717) is 13.2 Å². The first kappa shape index (κ1) is 32.1. The molecule has 15 heteroatoms. The Balaban J connectivity index is 1.83. The molecule has 0 saturated heterocycles. The van der Waals surface area contributed by atoms with Gasteiger partial charge in [-0.25, -0.2) is 17.9 Å². The maximum atomic E-state index is 13.6. The minimum absolute atomic E-state index is 0.00732. The minimum atomic E-state index is -4.95. The fourth-order valence-electron chi connectivity index (χ4n) is 4.55. The first-order valence-electron chi connectivity index (χ1n) is 12.8. The average Bonchev–Trinajstić information content (AvgIpc) is 2.94. The summed E-state index contributed by atoms with van der Waals surface area (Å²) in [7, 11) is -7.81. The van der Waals surface area contributed by atoms with E-state index in [9.17, 15) is 31.3 Å². The number of anilines is 1. The monoisotopic (exact) mass is 634 g/mol. The van der Waals surface area contributed by atoms with E-state index in [1.54, 1.807) is 13.2 Å². The van der Waals surface area contributed by atoms with Crippen molar-refractivity contribution < 1.29 is 50.2 Å². The van der Waals surface area contributed by atoms with E-state index in [2.05, 4.69) is 11.3 Å². The Morgan fingerprint density at radius 1 is 0.907 bits per heavy atom. The molecule has 0 radical (unpaired) electrons. The van der Waals surface area contributed by atoms with Gasteiger partial charge < -0.3 is 29.8 Å². The third kappa shape index (κ3) is 6.88. The van der Waals surface area contributed by atoms with Crippen LogP contribution in [0.25, 0.3) is 12.2 Å². The molecule has 0 fully saturated rings. The molecule has 0 unspecified atom stereocenters. The van der Waals surface area contributed by atoms with E-state index in [1.807, 2.05) is 0 Å². The Kier molecular flexibility index (Phi) is 9.86. The van der Waals surface area contributed by atoms with Gasteiger partial charge in [0.2, 0.25) is 10.0 Å². The summed E-state index contributed by atoms with van der Waals surface area (Å²) in [6.07, 6.45) is 0. The molecule has 0 bridgehead atoms. The van der Waals surface area contributed by atoms with Gasteiger partial charge in [-0.15, -0.1) is 0 Å². The number of hydrogen-bond acceptors (Lipinski definition) is 10. The molecule has 4 rings (SSSR count). The summed E-state index contributed by atoms with van der Waals surface area (Å²) in [5.41, 5.74) is 6.17. The number of fused-ring (bicyclic) bond motifs is 2. The van der Waals surface area contributed by atoms with E-state index >= 15 is 0 Å². The normalized spacial score (nSPS) is 12.8. The van der Waals surface area contributed by atoms with Gasteiger partial charge in [0.1, 0.15) is 9.79 Å². The maximum Gasteiger partial charge on any atom is 0.336 e. The lowest BCUT2D eigenvalue weighted by Gasteiger charge is -2.26. The van der Waals surface area contributed by atoms with Gasteiger partial charge in [-0.05, 0) is 35.0 Å². The van der Waals surface area contributed by atoms with Crippen molar-refractivity contribution >= 4 is 44.0 Å². The largest absolute Gasteiger partial charge is 0.478 e. The van der Waals surface area contributed by atoms with Crippen LogP contribution in [0.4, 0.5) is 5.69 Å². The molecule has 5 N–H and O–H groups in total. The predicted octanol–water partition coefficient (Wildman–Crippen LogP) is 0.935. The van der Waals surface area contributed by atoms with E-state index in [1.165, 1.54) is 42.5 Å². The van der Waals surface area contributed by atoms with Gasteiger partial charge in [0.05, 0.1) is 44.3 Å². The molecule has 230 valence electrons. The zero-order valence-electron chi connectivity index (χ0n) is 23.0. The van der Waals surface area contributed by atoms with Crippen molar-refractivity contribution in [3.05, 3.63) is 75.7 Å². The van der Waals surface area contributed by atoms with E-state index in [-0.39, 0.29) is 70.5 Å². The van der Waals surface area contributed by atoms with Crippen LogP contribution in [0.1, 0.15) is 21.5 Å². The van der Waals surface area contributed by atoms with Crippen molar-refractivity contribution in [3.63, 3.8) is 0 Å². The van der Waals surface area contributed by atoms with Crippen LogP contribution >= 0.6 is 0 Å². The van der Waals surface area contributed by atoms with Crippen molar-refractivity contribution in [1.82, 2.24) is 4.72 Å². The van der Waals surface area contributed by atoms with E-state index in [4.69, 9.17) is 24.7 Å². The topological polar surface area (TPSA) is 201 Å². The molecule has 3 aromatic rings. The number of hydrogen-bond donors (Lipinski definition) is 4. The molecule has 1 aliphatic rings. The fraction of sp³-hybridized carbons (Fsp3) is 0.250. The Labute approximate surface area is 247 Å². The summed E-state index contributed by atoms with van der Waals surface area (Å²) < 4.78 is 86.0. The second-order valence-electron chi connectivity index (χ2n) is 9.21. The highest BCUT2D eigenvalue weighted by atomic mass is 32.2. The smallest absolute Gasteiger partial charge is 0.336 e. The van der Waals surface area contributed by atoms with Crippen molar-refractivity contribution in [3.8, 4) is 11.5 Å². The Bertz CT molecular complexity index is 1870. The number of benzene rings is 3. The Morgan fingerprint density at radius 3 is 2.26 bits per heavy atom. The minimum Gasteiger partial charge on any atom is -0.478 e. The van der Waals surface area contributed by atoms with E-state index < -0.39 is 41.7 Å². The molecule has 0 atom stereocenters. The number of carbonyl (C=O) groups is 1. The summed E-state index contributed by atoms with van der Waals surface area (Å²) in [5.74, 6) is -2.08. The molecule has 1 aliphatic heterocycles. The van der Waals surface area contributed by atoms with Crippen LogP contribution < -0.4 is 25.6 Å². The lowest BCUT2D eigenvalue weighted by atomic mass is 9.89. The molecular weight excluding hydrogens is 604 g/mol. The second-order valence-corrected chi connectivity index (χ2v) is 12.3. The third-order valence-electron chi connectivity index (χ3n) is 6.37. The van der Waals surface area contributed by atoms with Gasteiger partial charge in [-0.1, -0.05) is 30.8 Å². The number of ether oxygens (including phenoxy) is 4. The third-order valence-corrected chi connectivity index (χ3v) is 8.88. The number of rotatable bonds is 14. The molecule has 1 heterocycles. The Hall–Kier alpha value is -3.83. The van der Waals surface area contributed by atoms with Gasteiger partial charge in [0.15, 0.2) is 11.5 Å². The molecular formula is C28H30N2O11S2. The van der Waals surface area contributed by atoms with Crippen LogP contribution in [0.2, 0.25) is 0 Å². The quantitative estimate of drug-likeness (QED) is 0.0870. The molecule has 13 nitrogen and oxygen atoms in total. The summed E-state index contributed by atoms with van der Waals surface area (Å²) in [6.45, 7) is 4.81. The predicted molar refractivity (Wildman–Crippen MR) is 156 cm³/mol. The van der Waals surface area contributed by atoms with Gasteiger partial charge in [0.25, 0.3) is 10.1 Å². The first-order valence-corrected chi connectivity index (χ1v) is 15.7. The van der Waals surface area contributed by atoms with Crippen molar-refractivity contribution in [2.75, 3.05) is 52.4 Å². The number of carboxylic acids is 1.